The van der Waals surface area contributed by atoms with Crippen LogP contribution in [0.15, 0.2) is 48.5 Å². The van der Waals surface area contributed by atoms with Crippen molar-refractivity contribution >= 4 is 17.7 Å². The Bertz CT molecular complexity index is 1230. The monoisotopic (exact) mass is 425 g/mol. The number of rotatable bonds is 6. The van der Waals surface area contributed by atoms with Crippen molar-refractivity contribution < 1.29 is 13.2 Å². The largest absolute Gasteiger partial charge is 0.347 e. The number of nitrogens with one attached hydrogen (secondary N) is 3. The van der Waals surface area contributed by atoms with Gasteiger partial charge in [-0.15, -0.1) is 0 Å². The maximum absolute atomic E-state index is 14.0. The summed E-state index contributed by atoms with van der Waals surface area (Å²) in [5, 5.41) is 12.8. The average molecular weight is 425 g/mol. The molecule has 7 nitrogen and oxygen atoms in total. The SMILES string of the molecule is Cc1nc(Nc2cc(-c3ccccc3F)[nH]n2)nc(NC(C)c2ccc(F)cc2F)n1. The van der Waals surface area contributed by atoms with Crippen LogP contribution >= 0.6 is 0 Å². The van der Waals surface area contributed by atoms with Gasteiger partial charge in [-0.25, -0.2) is 13.2 Å². The van der Waals surface area contributed by atoms with Crippen LogP contribution in [0.1, 0.15) is 24.4 Å². The number of aromatic nitrogens is 5. The highest BCUT2D eigenvalue weighted by Gasteiger charge is 2.15. The molecule has 0 bridgehead atoms. The first-order valence-corrected chi connectivity index (χ1v) is 9.40. The van der Waals surface area contributed by atoms with Crippen LogP contribution in [0.25, 0.3) is 11.3 Å². The lowest BCUT2D eigenvalue weighted by Gasteiger charge is -2.15. The van der Waals surface area contributed by atoms with Crippen molar-refractivity contribution in [2.45, 2.75) is 19.9 Å². The van der Waals surface area contributed by atoms with E-state index in [-0.39, 0.29) is 23.3 Å². The molecule has 31 heavy (non-hydrogen) atoms. The van der Waals surface area contributed by atoms with Crippen LogP contribution in [0, 0.1) is 24.4 Å². The van der Waals surface area contributed by atoms with Crippen molar-refractivity contribution in [2.24, 2.45) is 0 Å². The molecule has 2 aromatic carbocycles. The van der Waals surface area contributed by atoms with Crippen molar-refractivity contribution in [1.29, 1.82) is 0 Å². The van der Waals surface area contributed by atoms with Crippen molar-refractivity contribution in [2.75, 3.05) is 10.6 Å². The molecule has 0 amide bonds. The molecule has 3 N–H and O–H groups in total. The summed E-state index contributed by atoms with van der Waals surface area (Å²) in [5.74, 6) is -0.484. The number of aryl methyl sites for hydroxylation is 1. The molecule has 0 spiro atoms. The van der Waals surface area contributed by atoms with Crippen molar-refractivity contribution in [3.05, 3.63) is 77.4 Å². The number of hydrogen-bond donors (Lipinski definition) is 3. The quantitative estimate of drug-likeness (QED) is 0.407. The molecule has 0 saturated carbocycles. The molecule has 2 aromatic heterocycles. The second kappa shape index (κ2) is 8.42. The van der Waals surface area contributed by atoms with Gasteiger partial charge in [-0.2, -0.15) is 20.1 Å². The number of anilines is 3. The molecule has 0 fully saturated rings. The molecule has 1 unspecified atom stereocenters. The summed E-state index contributed by atoms with van der Waals surface area (Å²) in [6.07, 6.45) is 0. The fourth-order valence-electron chi connectivity index (χ4n) is 3.04. The minimum absolute atomic E-state index is 0.202. The Labute approximate surface area is 175 Å². The van der Waals surface area contributed by atoms with Gasteiger partial charge in [0, 0.05) is 23.3 Å². The highest BCUT2D eigenvalue weighted by molar-refractivity contribution is 5.65. The van der Waals surface area contributed by atoms with Gasteiger partial charge >= 0.3 is 0 Å². The van der Waals surface area contributed by atoms with Gasteiger partial charge in [-0.1, -0.05) is 18.2 Å². The highest BCUT2D eigenvalue weighted by atomic mass is 19.1. The lowest BCUT2D eigenvalue weighted by atomic mass is 10.1. The third kappa shape index (κ3) is 4.63. The lowest BCUT2D eigenvalue weighted by molar-refractivity contribution is 0.566. The zero-order valence-corrected chi connectivity index (χ0v) is 16.6. The Morgan fingerprint density at radius 2 is 1.68 bits per heavy atom. The molecule has 0 aliphatic carbocycles. The van der Waals surface area contributed by atoms with Crippen molar-refractivity contribution in [1.82, 2.24) is 25.1 Å². The van der Waals surface area contributed by atoms with E-state index in [0.29, 0.717) is 22.9 Å². The van der Waals surface area contributed by atoms with E-state index in [0.717, 1.165) is 6.07 Å². The smallest absolute Gasteiger partial charge is 0.233 e. The van der Waals surface area contributed by atoms with E-state index in [1.54, 1.807) is 38.1 Å². The number of nitrogens with zero attached hydrogens (tertiary/aromatic N) is 4. The molecule has 1 atom stereocenters. The topological polar surface area (TPSA) is 91.4 Å². The van der Waals surface area contributed by atoms with E-state index in [2.05, 4.69) is 35.8 Å². The predicted octanol–water partition coefficient (Wildman–Crippen LogP) is 4.90. The standard InChI is InChI=1S/C21H18F3N7/c1-11(14-8-7-13(22)9-17(14)24)25-20-26-12(2)27-21(29-20)28-19-10-18(30-31-19)15-5-3-4-6-16(15)23/h3-11H,1-2H3,(H3,25,26,27,28,29,30,31). The predicted molar refractivity (Wildman–Crippen MR) is 110 cm³/mol. The molecule has 0 aliphatic heterocycles. The number of benzene rings is 2. The van der Waals surface area contributed by atoms with Crippen LogP contribution in [0.5, 0.6) is 0 Å². The second-order valence-electron chi connectivity index (χ2n) is 6.83. The molecule has 0 aliphatic rings. The minimum atomic E-state index is -0.665. The molecule has 4 aromatic rings. The number of halogens is 3. The van der Waals surface area contributed by atoms with Gasteiger partial charge in [-0.05, 0) is 32.0 Å². The first kappa shape index (κ1) is 20.3. The summed E-state index contributed by atoms with van der Waals surface area (Å²) < 4.78 is 41.2. The molecule has 4 rings (SSSR count). The van der Waals surface area contributed by atoms with Crippen LogP contribution in [0.4, 0.5) is 30.9 Å². The Kier molecular flexibility index (Phi) is 5.52. The van der Waals surface area contributed by atoms with E-state index < -0.39 is 17.7 Å². The van der Waals surface area contributed by atoms with Gasteiger partial charge in [0.2, 0.25) is 11.9 Å². The Morgan fingerprint density at radius 3 is 2.45 bits per heavy atom. The van der Waals surface area contributed by atoms with Gasteiger partial charge in [-0.3, -0.25) is 5.10 Å². The summed E-state index contributed by atoms with van der Waals surface area (Å²) in [6, 6.07) is 10.8. The Balaban J connectivity index is 1.53. The molecular weight excluding hydrogens is 407 g/mol. The van der Waals surface area contributed by atoms with Gasteiger partial charge < -0.3 is 10.6 Å². The van der Waals surface area contributed by atoms with E-state index in [4.69, 9.17) is 0 Å². The van der Waals surface area contributed by atoms with Crippen LogP contribution < -0.4 is 10.6 Å². The zero-order valence-electron chi connectivity index (χ0n) is 16.6. The maximum atomic E-state index is 14.0. The van der Waals surface area contributed by atoms with E-state index in [9.17, 15) is 13.2 Å². The highest BCUT2D eigenvalue weighted by Crippen LogP contribution is 2.24. The normalized spacial score (nSPS) is 11.9. The minimum Gasteiger partial charge on any atom is -0.347 e. The molecule has 0 radical (unpaired) electrons. The van der Waals surface area contributed by atoms with E-state index >= 15 is 0 Å². The molecule has 2 heterocycles. The van der Waals surface area contributed by atoms with Gasteiger partial charge in [0.25, 0.3) is 0 Å². The number of H-pyrrole nitrogens is 1. The summed E-state index contributed by atoms with van der Waals surface area (Å²) in [4.78, 5) is 12.7. The molecular formula is C21H18F3N7. The maximum Gasteiger partial charge on any atom is 0.233 e. The summed E-state index contributed by atoms with van der Waals surface area (Å²) in [7, 11) is 0. The van der Waals surface area contributed by atoms with Crippen LogP contribution in [-0.2, 0) is 0 Å². The van der Waals surface area contributed by atoms with Crippen LogP contribution in [0.3, 0.4) is 0 Å². The third-order valence-corrected chi connectivity index (χ3v) is 4.50. The third-order valence-electron chi connectivity index (χ3n) is 4.50. The Morgan fingerprint density at radius 1 is 0.903 bits per heavy atom. The summed E-state index contributed by atoms with van der Waals surface area (Å²) in [5.41, 5.74) is 1.15. The fraction of sp³-hybridized carbons (Fsp3) is 0.143. The average Bonchev–Trinajstić information content (AvgIpc) is 3.15. The number of aromatic amines is 1. The Hall–Kier alpha value is -3.95. The summed E-state index contributed by atoms with van der Waals surface area (Å²) in [6.45, 7) is 3.38. The van der Waals surface area contributed by atoms with Gasteiger partial charge in [0.1, 0.15) is 23.3 Å². The molecule has 0 saturated heterocycles. The zero-order chi connectivity index (χ0) is 22.0. The van der Waals surface area contributed by atoms with Gasteiger partial charge in [0.15, 0.2) is 5.82 Å². The van der Waals surface area contributed by atoms with Crippen molar-refractivity contribution in [3.8, 4) is 11.3 Å². The van der Waals surface area contributed by atoms with Crippen LogP contribution in [-0.4, -0.2) is 25.1 Å². The van der Waals surface area contributed by atoms with E-state index in [1.165, 1.54) is 18.2 Å². The molecule has 10 heteroatoms. The second-order valence-corrected chi connectivity index (χ2v) is 6.83. The first-order valence-electron chi connectivity index (χ1n) is 9.40. The molecule has 158 valence electrons. The lowest BCUT2D eigenvalue weighted by Crippen LogP contribution is -2.13. The van der Waals surface area contributed by atoms with Crippen molar-refractivity contribution in [3.63, 3.8) is 0 Å². The number of hydrogen-bond acceptors (Lipinski definition) is 6. The first-order chi connectivity index (χ1) is 14.9. The van der Waals surface area contributed by atoms with Crippen LogP contribution in [0.2, 0.25) is 0 Å². The van der Waals surface area contributed by atoms with Gasteiger partial charge in [0.05, 0.1) is 11.7 Å². The fourth-order valence-corrected chi connectivity index (χ4v) is 3.04. The van der Waals surface area contributed by atoms with E-state index in [1.807, 2.05) is 0 Å². The summed E-state index contributed by atoms with van der Waals surface area (Å²) >= 11 is 0.